The van der Waals surface area contributed by atoms with Crippen molar-refractivity contribution in [2.75, 3.05) is 0 Å². The Kier molecular flexibility index (Phi) is 1.96. The van der Waals surface area contributed by atoms with E-state index < -0.39 is 11.6 Å². The molecule has 19 heavy (non-hydrogen) atoms. The van der Waals surface area contributed by atoms with Crippen LogP contribution in [0.3, 0.4) is 0 Å². The molecule has 1 heterocycles. The molecule has 2 aromatic rings. The van der Waals surface area contributed by atoms with E-state index in [4.69, 9.17) is 0 Å². The van der Waals surface area contributed by atoms with Crippen molar-refractivity contribution in [1.82, 2.24) is 10.2 Å². The van der Waals surface area contributed by atoms with E-state index in [0.717, 1.165) is 24.1 Å². The van der Waals surface area contributed by atoms with Gasteiger partial charge in [0.25, 0.3) is 0 Å². The molecule has 0 bridgehead atoms. The van der Waals surface area contributed by atoms with Crippen LogP contribution in [0, 0.1) is 11.6 Å². The van der Waals surface area contributed by atoms with Gasteiger partial charge in [0.05, 0.1) is 17.0 Å². The summed E-state index contributed by atoms with van der Waals surface area (Å²) in [4.78, 5) is 0. The molecule has 0 N–H and O–H groups in total. The van der Waals surface area contributed by atoms with Gasteiger partial charge in [-0.1, -0.05) is 13.0 Å². The van der Waals surface area contributed by atoms with Crippen molar-refractivity contribution in [3.8, 4) is 11.3 Å². The summed E-state index contributed by atoms with van der Waals surface area (Å²) in [7, 11) is 0. The smallest absolute Gasteiger partial charge is 0.135 e. The molecule has 4 rings (SSSR count). The standard InChI is InChI=1S/C15H12F2N2/c1-15-6-5-9(15)8-7-12(18-19-14(8)15)13-10(16)3-2-4-11(13)17/h2-4,7,9H,5-6H2,1H3/t9-,15?/m0/s1. The molecule has 1 aromatic carbocycles. The Morgan fingerprint density at radius 1 is 1.21 bits per heavy atom. The van der Waals surface area contributed by atoms with Crippen LogP contribution in [0.25, 0.3) is 11.3 Å². The summed E-state index contributed by atoms with van der Waals surface area (Å²) in [5, 5.41) is 8.21. The molecule has 2 nitrogen and oxygen atoms in total. The van der Waals surface area contributed by atoms with Crippen molar-refractivity contribution >= 4 is 0 Å². The Bertz CT molecular complexity index is 678. The minimum atomic E-state index is -0.593. The summed E-state index contributed by atoms with van der Waals surface area (Å²) in [6, 6.07) is 5.64. The maximum absolute atomic E-state index is 13.7. The molecule has 4 heteroatoms. The van der Waals surface area contributed by atoms with Crippen LogP contribution in [0.2, 0.25) is 0 Å². The van der Waals surface area contributed by atoms with Crippen LogP contribution in [0.1, 0.15) is 36.9 Å². The first-order valence-electron chi connectivity index (χ1n) is 6.44. The summed E-state index contributed by atoms with van der Waals surface area (Å²) < 4.78 is 27.5. The van der Waals surface area contributed by atoms with E-state index in [0.29, 0.717) is 11.6 Å². The zero-order valence-corrected chi connectivity index (χ0v) is 10.5. The third kappa shape index (κ3) is 1.24. The highest BCUT2D eigenvalue weighted by Crippen LogP contribution is 2.63. The lowest BCUT2D eigenvalue weighted by Gasteiger charge is -2.56. The normalized spacial score (nSPS) is 27.0. The van der Waals surface area contributed by atoms with E-state index >= 15 is 0 Å². The summed E-state index contributed by atoms with van der Waals surface area (Å²) in [6.07, 6.45) is 2.27. The van der Waals surface area contributed by atoms with Gasteiger partial charge in [-0.15, -0.1) is 0 Å². The molecule has 2 aliphatic rings. The maximum Gasteiger partial charge on any atom is 0.135 e. The van der Waals surface area contributed by atoms with Gasteiger partial charge in [0, 0.05) is 5.41 Å². The van der Waals surface area contributed by atoms with E-state index in [1.165, 1.54) is 18.2 Å². The van der Waals surface area contributed by atoms with Crippen LogP contribution >= 0.6 is 0 Å². The number of hydrogen-bond acceptors (Lipinski definition) is 2. The van der Waals surface area contributed by atoms with E-state index in [1.807, 2.05) is 0 Å². The summed E-state index contributed by atoms with van der Waals surface area (Å²) in [5.74, 6) is -0.693. The lowest BCUT2D eigenvalue weighted by Crippen LogP contribution is -2.50. The highest BCUT2D eigenvalue weighted by Gasteiger charge is 2.56. The summed E-state index contributed by atoms with van der Waals surface area (Å²) in [5.41, 5.74) is 2.49. The summed E-state index contributed by atoms with van der Waals surface area (Å²) in [6.45, 7) is 2.18. The average molecular weight is 258 g/mol. The van der Waals surface area contributed by atoms with E-state index in [9.17, 15) is 8.78 Å². The maximum atomic E-state index is 13.7. The minimum absolute atomic E-state index is 0.0780. The van der Waals surface area contributed by atoms with Crippen molar-refractivity contribution in [2.24, 2.45) is 0 Å². The molecule has 0 saturated heterocycles. The van der Waals surface area contributed by atoms with Crippen molar-refractivity contribution in [2.45, 2.75) is 31.1 Å². The van der Waals surface area contributed by atoms with E-state index in [1.54, 1.807) is 6.07 Å². The van der Waals surface area contributed by atoms with E-state index in [2.05, 4.69) is 17.1 Å². The molecule has 1 aromatic heterocycles. The highest BCUT2D eigenvalue weighted by atomic mass is 19.1. The molecule has 0 radical (unpaired) electrons. The van der Waals surface area contributed by atoms with Crippen molar-refractivity contribution < 1.29 is 8.78 Å². The predicted molar refractivity (Wildman–Crippen MR) is 66.7 cm³/mol. The molecule has 0 amide bonds. The highest BCUT2D eigenvalue weighted by molar-refractivity contribution is 5.64. The van der Waals surface area contributed by atoms with Gasteiger partial charge in [-0.05, 0) is 42.5 Å². The van der Waals surface area contributed by atoms with Crippen LogP contribution in [-0.4, -0.2) is 10.2 Å². The Labute approximate surface area is 109 Å². The molecule has 2 atom stereocenters. The fraction of sp³-hybridized carbons (Fsp3) is 0.333. The van der Waals surface area contributed by atoms with Crippen LogP contribution < -0.4 is 0 Å². The number of aromatic nitrogens is 2. The van der Waals surface area contributed by atoms with Gasteiger partial charge >= 0.3 is 0 Å². The molecular weight excluding hydrogens is 246 g/mol. The van der Waals surface area contributed by atoms with Crippen molar-refractivity contribution in [3.63, 3.8) is 0 Å². The first kappa shape index (κ1) is 11.0. The van der Waals surface area contributed by atoms with Crippen LogP contribution in [0.4, 0.5) is 8.78 Å². The largest absolute Gasteiger partial charge is 0.206 e. The van der Waals surface area contributed by atoms with Crippen molar-refractivity contribution in [3.05, 3.63) is 47.2 Å². The fourth-order valence-electron chi connectivity index (χ4n) is 3.41. The second kappa shape index (κ2) is 3.38. The molecule has 1 saturated carbocycles. The molecule has 0 spiro atoms. The quantitative estimate of drug-likeness (QED) is 0.781. The lowest BCUT2D eigenvalue weighted by atomic mass is 9.48. The molecule has 1 fully saturated rings. The van der Waals surface area contributed by atoms with Gasteiger partial charge in [-0.3, -0.25) is 0 Å². The molecule has 1 unspecified atom stereocenters. The Balaban J connectivity index is 1.86. The topological polar surface area (TPSA) is 25.8 Å². The second-order valence-corrected chi connectivity index (χ2v) is 5.64. The number of hydrogen-bond donors (Lipinski definition) is 0. The van der Waals surface area contributed by atoms with Crippen LogP contribution in [0.5, 0.6) is 0 Å². The van der Waals surface area contributed by atoms with Gasteiger partial charge in [0.2, 0.25) is 0 Å². The third-order valence-corrected chi connectivity index (χ3v) is 4.68. The summed E-state index contributed by atoms with van der Waals surface area (Å²) >= 11 is 0. The lowest BCUT2D eigenvalue weighted by molar-refractivity contribution is 0.156. The van der Waals surface area contributed by atoms with Gasteiger partial charge in [0.1, 0.15) is 11.6 Å². The fourth-order valence-corrected chi connectivity index (χ4v) is 3.41. The second-order valence-electron chi connectivity index (χ2n) is 5.64. The molecular formula is C15H12F2N2. The van der Waals surface area contributed by atoms with E-state index in [-0.39, 0.29) is 11.0 Å². The number of benzene rings is 1. The van der Waals surface area contributed by atoms with Gasteiger partial charge < -0.3 is 0 Å². The SMILES string of the molecule is CC12CC[C@H]1c1cc(-c3c(F)cccc3F)nnc12. The first-order chi connectivity index (χ1) is 9.11. The average Bonchev–Trinajstić information content (AvgIpc) is 2.37. The van der Waals surface area contributed by atoms with Gasteiger partial charge in [-0.2, -0.15) is 10.2 Å². The third-order valence-electron chi connectivity index (χ3n) is 4.68. The van der Waals surface area contributed by atoms with Crippen LogP contribution in [-0.2, 0) is 5.41 Å². The van der Waals surface area contributed by atoms with Gasteiger partial charge in [-0.25, -0.2) is 8.78 Å². The molecule has 0 aliphatic heterocycles. The number of halogens is 2. The molecule has 2 aliphatic carbocycles. The predicted octanol–water partition coefficient (Wildman–Crippen LogP) is 3.57. The molecule has 96 valence electrons. The first-order valence-corrected chi connectivity index (χ1v) is 6.44. The van der Waals surface area contributed by atoms with Crippen LogP contribution in [0.15, 0.2) is 24.3 Å². The monoisotopic (exact) mass is 258 g/mol. The number of nitrogens with zero attached hydrogens (tertiary/aromatic N) is 2. The Hall–Kier alpha value is -1.84. The minimum Gasteiger partial charge on any atom is -0.206 e. The number of fused-ring (bicyclic) bond motifs is 4. The van der Waals surface area contributed by atoms with Gasteiger partial charge in [0.15, 0.2) is 0 Å². The zero-order valence-electron chi connectivity index (χ0n) is 10.5. The number of rotatable bonds is 1. The van der Waals surface area contributed by atoms with Crippen molar-refractivity contribution in [1.29, 1.82) is 0 Å². The zero-order chi connectivity index (χ0) is 13.2. The Morgan fingerprint density at radius 3 is 2.58 bits per heavy atom. The Morgan fingerprint density at radius 2 is 1.95 bits per heavy atom.